The van der Waals surface area contributed by atoms with E-state index >= 15 is 0 Å². The Morgan fingerprint density at radius 3 is 2.08 bits per heavy atom. The van der Waals surface area contributed by atoms with Crippen LogP contribution >= 0.6 is 15.9 Å². The molecule has 0 spiro atoms. The topological polar surface area (TPSA) is 60.4 Å². The summed E-state index contributed by atoms with van der Waals surface area (Å²) in [4.78, 5) is 6.11. The van der Waals surface area contributed by atoms with Crippen molar-refractivity contribution >= 4 is 22.0 Å². The maximum atomic E-state index is 11.1. The van der Waals surface area contributed by atoms with Gasteiger partial charge in [-0.05, 0) is 71.7 Å². The molecule has 0 saturated carbocycles. The predicted molar refractivity (Wildman–Crippen MR) is 161 cm³/mol. The van der Waals surface area contributed by atoms with Crippen molar-refractivity contribution in [2.75, 3.05) is 14.2 Å². The van der Waals surface area contributed by atoms with E-state index in [0.717, 1.165) is 32.5 Å². The summed E-state index contributed by atoms with van der Waals surface area (Å²) in [5.74, 6) is 2.05. The predicted octanol–water partition coefficient (Wildman–Crippen LogP) is 7.32. The quantitative estimate of drug-likeness (QED) is 0.128. The van der Waals surface area contributed by atoms with Gasteiger partial charge < -0.3 is 19.3 Å². The van der Waals surface area contributed by atoms with Crippen molar-refractivity contribution < 1.29 is 24.2 Å². The SMILES string of the molecule is COc1ccc(C=CC(O)N(Cc2ccc(Br)cc2)OCc2ccc(OCc3ccc(C)cc3)cc2)cc1OC. The highest BCUT2D eigenvalue weighted by Crippen LogP contribution is 2.28. The number of hydroxylamine groups is 2. The molecule has 4 rings (SSSR count). The van der Waals surface area contributed by atoms with Crippen LogP contribution in [0.4, 0.5) is 0 Å². The van der Waals surface area contributed by atoms with E-state index in [2.05, 4.69) is 47.1 Å². The van der Waals surface area contributed by atoms with Crippen LogP contribution in [0.3, 0.4) is 0 Å². The normalized spacial score (nSPS) is 12.1. The van der Waals surface area contributed by atoms with Crippen LogP contribution < -0.4 is 14.2 Å². The van der Waals surface area contributed by atoms with Crippen LogP contribution in [0.5, 0.6) is 17.2 Å². The standard InChI is InChI=1S/C33H34BrNO5/c1-24-4-6-27(7-5-24)22-39-30-16-10-28(11-17-30)23-40-35(21-26-8-14-29(34)15-9-26)33(36)19-13-25-12-18-31(37-2)32(20-25)38-3/h4-20,33,36H,21-23H2,1-3H3. The number of ether oxygens (including phenoxy) is 3. The number of benzene rings is 4. The van der Waals surface area contributed by atoms with Crippen LogP contribution in [0.25, 0.3) is 6.08 Å². The van der Waals surface area contributed by atoms with Gasteiger partial charge in [-0.15, -0.1) is 0 Å². The maximum absolute atomic E-state index is 11.1. The number of hydrogen-bond donors (Lipinski definition) is 1. The summed E-state index contributed by atoms with van der Waals surface area (Å²) < 4.78 is 17.6. The first-order valence-electron chi connectivity index (χ1n) is 12.9. The summed E-state index contributed by atoms with van der Waals surface area (Å²) in [5.41, 5.74) is 5.17. The molecule has 1 unspecified atom stereocenters. The zero-order chi connectivity index (χ0) is 28.3. The molecular formula is C33H34BrNO5. The Bertz CT molecular complexity index is 1370. The highest BCUT2D eigenvalue weighted by Gasteiger charge is 2.16. The van der Waals surface area contributed by atoms with Crippen molar-refractivity contribution in [3.63, 3.8) is 0 Å². The fourth-order valence-corrected chi connectivity index (χ4v) is 4.19. The first-order chi connectivity index (χ1) is 19.4. The Labute approximate surface area is 244 Å². The molecule has 0 aromatic heterocycles. The van der Waals surface area contributed by atoms with E-state index in [9.17, 15) is 5.11 Å². The Morgan fingerprint density at radius 1 is 0.775 bits per heavy atom. The number of halogens is 1. The van der Waals surface area contributed by atoms with Crippen LogP contribution in [0, 0.1) is 6.92 Å². The van der Waals surface area contributed by atoms with E-state index in [1.165, 1.54) is 5.56 Å². The molecule has 1 N–H and O–H groups in total. The van der Waals surface area contributed by atoms with Gasteiger partial charge in [0.05, 0.1) is 27.4 Å². The molecule has 0 saturated heterocycles. The van der Waals surface area contributed by atoms with Gasteiger partial charge in [0.2, 0.25) is 0 Å². The molecule has 6 nitrogen and oxygen atoms in total. The summed E-state index contributed by atoms with van der Waals surface area (Å²) in [6, 6.07) is 29.6. The van der Waals surface area contributed by atoms with Crippen LogP contribution in [0.1, 0.15) is 27.8 Å². The summed E-state index contributed by atoms with van der Waals surface area (Å²) >= 11 is 3.47. The molecule has 0 radical (unpaired) electrons. The van der Waals surface area contributed by atoms with Crippen LogP contribution in [0.15, 0.2) is 102 Å². The first-order valence-corrected chi connectivity index (χ1v) is 13.7. The second kappa shape index (κ2) is 14.7. The van der Waals surface area contributed by atoms with Crippen molar-refractivity contribution in [3.8, 4) is 17.2 Å². The molecule has 1 atom stereocenters. The van der Waals surface area contributed by atoms with Crippen molar-refractivity contribution in [2.24, 2.45) is 0 Å². The first kappa shape index (κ1) is 29.4. The Balaban J connectivity index is 1.41. The molecule has 0 bridgehead atoms. The Hall–Kier alpha value is -3.62. The van der Waals surface area contributed by atoms with E-state index in [0.29, 0.717) is 24.7 Å². The Morgan fingerprint density at radius 2 is 1.40 bits per heavy atom. The zero-order valence-electron chi connectivity index (χ0n) is 22.9. The highest BCUT2D eigenvalue weighted by atomic mass is 79.9. The van der Waals surface area contributed by atoms with Gasteiger partial charge >= 0.3 is 0 Å². The van der Waals surface area contributed by atoms with Crippen LogP contribution in [0.2, 0.25) is 0 Å². The maximum Gasteiger partial charge on any atom is 0.161 e. The lowest BCUT2D eigenvalue weighted by Gasteiger charge is -2.25. The zero-order valence-corrected chi connectivity index (χ0v) is 24.5. The monoisotopic (exact) mass is 603 g/mol. The minimum atomic E-state index is -0.992. The number of aliphatic hydroxyl groups excluding tert-OH is 1. The highest BCUT2D eigenvalue weighted by molar-refractivity contribution is 9.10. The second-order valence-corrected chi connectivity index (χ2v) is 10.2. The second-order valence-electron chi connectivity index (χ2n) is 9.28. The van der Waals surface area contributed by atoms with Gasteiger partial charge in [-0.25, -0.2) is 0 Å². The third kappa shape index (κ3) is 8.69. The summed E-state index contributed by atoms with van der Waals surface area (Å²) in [5, 5.41) is 12.6. The fourth-order valence-electron chi connectivity index (χ4n) is 3.93. The number of rotatable bonds is 13. The van der Waals surface area contributed by atoms with Gasteiger partial charge in [0, 0.05) is 4.47 Å². The number of aryl methyl sites for hydroxylation is 1. The summed E-state index contributed by atoms with van der Waals surface area (Å²) in [6.45, 7) is 3.26. The average molecular weight is 605 g/mol. The molecule has 0 fully saturated rings. The van der Waals surface area contributed by atoms with Crippen molar-refractivity contribution in [1.82, 2.24) is 5.06 Å². The third-order valence-electron chi connectivity index (χ3n) is 6.26. The van der Waals surface area contributed by atoms with Gasteiger partial charge in [0.1, 0.15) is 18.6 Å². The molecule has 4 aromatic rings. The van der Waals surface area contributed by atoms with Gasteiger partial charge in [-0.2, -0.15) is 5.06 Å². The number of methoxy groups -OCH3 is 2. The van der Waals surface area contributed by atoms with Gasteiger partial charge in [0.15, 0.2) is 11.5 Å². The van der Waals surface area contributed by atoms with E-state index in [1.54, 1.807) is 25.4 Å². The Kier molecular flexibility index (Phi) is 10.8. The molecule has 0 heterocycles. The van der Waals surface area contributed by atoms with E-state index in [1.807, 2.05) is 72.8 Å². The summed E-state index contributed by atoms with van der Waals surface area (Å²) in [6.07, 6.45) is 2.52. The van der Waals surface area contributed by atoms with Gasteiger partial charge in [0.25, 0.3) is 0 Å². The minimum Gasteiger partial charge on any atom is -0.493 e. The number of nitrogens with zero attached hydrogens (tertiary/aromatic N) is 1. The molecular weight excluding hydrogens is 570 g/mol. The molecule has 7 heteroatoms. The molecule has 0 aliphatic rings. The van der Waals surface area contributed by atoms with Gasteiger partial charge in [-0.3, -0.25) is 4.84 Å². The van der Waals surface area contributed by atoms with Crippen LogP contribution in [-0.2, 0) is 24.6 Å². The molecule has 0 amide bonds. The lowest BCUT2D eigenvalue weighted by atomic mass is 10.1. The molecule has 0 aliphatic carbocycles. The van der Waals surface area contributed by atoms with Crippen molar-refractivity contribution in [3.05, 3.63) is 129 Å². The molecule has 208 valence electrons. The average Bonchev–Trinajstić information content (AvgIpc) is 2.99. The fraction of sp³-hybridized carbons (Fsp3) is 0.212. The summed E-state index contributed by atoms with van der Waals surface area (Å²) in [7, 11) is 3.19. The molecule has 0 aliphatic heterocycles. The molecule has 40 heavy (non-hydrogen) atoms. The lowest BCUT2D eigenvalue weighted by molar-refractivity contribution is -0.238. The van der Waals surface area contributed by atoms with Crippen molar-refractivity contribution in [2.45, 2.75) is 32.9 Å². The van der Waals surface area contributed by atoms with Gasteiger partial charge in [-0.1, -0.05) is 82.2 Å². The van der Waals surface area contributed by atoms with E-state index in [-0.39, 0.29) is 6.61 Å². The van der Waals surface area contributed by atoms with E-state index in [4.69, 9.17) is 19.0 Å². The third-order valence-corrected chi connectivity index (χ3v) is 6.79. The van der Waals surface area contributed by atoms with Crippen molar-refractivity contribution in [1.29, 1.82) is 0 Å². The lowest BCUT2D eigenvalue weighted by Crippen LogP contribution is -2.33. The molecule has 4 aromatic carbocycles. The van der Waals surface area contributed by atoms with E-state index < -0.39 is 6.23 Å². The number of hydrogen-bond acceptors (Lipinski definition) is 6. The smallest absolute Gasteiger partial charge is 0.161 e. The minimum absolute atomic E-state index is 0.288. The largest absolute Gasteiger partial charge is 0.493 e. The number of aliphatic hydroxyl groups is 1. The van der Waals surface area contributed by atoms with Crippen LogP contribution in [-0.4, -0.2) is 30.6 Å².